The second kappa shape index (κ2) is 12.2. The van der Waals surface area contributed by atoms with E-state index in [1.54, 1.807) is 12.1 Å². The van der Waals surface area contributed by atoms with E-state index in [2.05, 4.69) is 15.1 Å². The number of amides is 1. The maximum absolute atomic E-state index is 12.5. The molecule has 2 aliphatic rings. The quantitative estimate of drug-likeness (QED) is 0.556. The first-order valence-electron chi connectivity index (χ1n) is 11.3. The summed E-state index contributed by atoms with van der Waals surface area (Å²) in [6.45, 7) is 7.39. The first-order chi connectivity index (χ1) is 14.2. The summed E-state index contributed by atoms with van der Waals surface area (Å²) in [4.78, 5) is 17.4. The standard InChI is InChI=1S/C23H37N3O3/c27-19-21(11-17-26-14-4-5-15-26)24-23(28)20-7-9-22(10-8-20)29-18-6-16-25-12-2-1-3-13-25/h7-10,21,27H,1-6,11-19H2,(H,24,28). The lowest BCUT2D eigenvalue weighted by Crippen LogP contribution is -2.40. The monoisotopic (exact) mass is 403 g/mol. The normalized spacial score (nSPS) is 19.2. The summed E-state index contributed by atoms with van der Waals surface area (Å²) in [6, 6.07) is 7.10. The largest absolute Gasteiger partial charge is 0.494 e. The van der Waals surface area contributed by atoms with Gasteiger partial charge in [0.2, 0.25) is 0 Å². The number of hydrogen-bond acceptors (Lipinski definition) is 5. The Morgan fingerprint density at radius 2 is 1.59 bits per heavy atom. The maximum Gasteiger partial charge on any atom is 0.251 e. The van der Waals surface area contributed by atoms with Gasteiger partial charge in [-0.1, -0.05) is 6.42 Å². The Morgan fingerprint density at radius 1 is 0.966 bits per heavy atom. The lowest BCUT2D eigenvalue weighted by atomic mass is 10.1. The van der Waals surface area contributed by atoms with Gasteiger partial charge >= 0.3 is 0 Å². The summed E-state index contributed by atoms with van der Waals surface area (Å²) in [5, 5.41) is 12.6. The Labute approximate surface area is 175 Å². The number of carbonyl (C=O) groups excluding carboxylic acids is 1. The van der Waals surface area contributed by atoms with E-state index >= 15 is 0 Å². The van der Waals surface area contributed by atoms with E-state index in [1.165, 1.54) is 45.2 Å². The molecular weight excluding hydrogens is 366 g/mol. The average Bonchev–Trinajstić information content (AvgIpc) is 3.29. The summed E-state index contributed by atoms with van der Waals surface area (Å²) in [5.74, 6) is 0.662. The summed E-state index contributed by atoms with van der Waals surface area (Å²) >= 11 is 0. The lowest BCUT2D eigenvalue weighted by molar-refractivity contribution is 0.0908. The average molecular weight is 404 g/mol. The number of ether oxygens (including phenoxy) is 1. The predicted molar refractivity (Wildman–Crippen MR) is 115 cm³/mol. The van der Waals surface area contributed by atoms with Gasteiger partial charge in [-0.25, -0.2) is 0 Å². The van der Waals surface area contributed by atoms with Crippen molar-refractivity contribution in [2.75, 3.05) is 52.5 Å². The summed E-state index contributed by atoms with van der Waals surface area (Å²) in [5.41, 5.74) is 0.602. The van der Waals surface area contributed by atoms with Gasteiger partial charge in [-0.3, -0.25) is 4.79 Å². The topological polar surface area (TPSA) is 65.0 Å². The molecule has 1 aromatic rings. The molecule has 162 valence electrons. The number of carbonyl (C=O) groups is 1. The number of likely N-dealkylation sites (tertiary alicyclic amines) is 2. The predicted octanol–water partition coefficient (Wildman–Crippen LogP) is 2.52. The third-order valence-corrected chi connectivity index (χ3v) is 6.00. The molecule has 1 atom stereocenters. The van der Waals surface area contributed by atoms with Crippen LogP contribution in [0.5, 0.6) is 5.75 Å². The fraction of sp³-hybridized carbons (Fsp3) is 0.696. The Balaban J connectivity index is 1.35. The molecular formula is C23H37N3O3. The number of hydrogen-bond donors (Lipinski definition) is 2. The lowest BCUT2D eigenvalue weighted by Gasteiger charge is -2.26. The second-order valence-electron chi connectivity index (χ2n) is 8.32. The van der Waals surface area contributed by atoms with Gasteiger partial charge in [-0.15, -0.1) is 0 Å². The molecule has 6 nitrogen and oxygen atoms in total. The smallest absolute Gasteiger partial charge is 0.251 e. The van der Waals surface area contributed by atoms with E-state index in [9.17, 15) is 9.90 Å². The number of aliphatic hydroxyl groups excluding tert-OH is 1. The van der Waals surface area contributed by atoms with E-state index in [0.29, 0.717) is 12.2 Å². The van der Waals surface area contributed by atoms with Crippen molar-refractivity contribution in [2.45, 2.75) is 51.0 Å². The molecule has 0 saturated carbocycles. The fourth-order valence-electron chi connectivity index (χ4n) is 4.19. The van der Waals surface area contributed by atoms with Crippen LogP contribution in [0.2, 0.25) is 0 Å². The van der Waals surface area contributed by atoms with Crippen molar-refractivity contribution in [2.24, 2.45) is 0 Å². The Hall–Kier alpha value is -1.63. The highest BCUT2D eigenvalue weighted by atomic mass is 16.5. The highest BCUT2D eigenvalue weighted by molar-refractivity contribution is 5.94. The molecule has 0 aliphatic carbocycles. The Kier molecular flexibility index (Phi) is 9.25. The van der Waals surface area contributed by atoms with Gasteiger partial charge in [0.1, 0.15) is 5.75 Å². The van der Waals surface area contributed by atoms with E-state index in [0.717, 1.165) is 44.8 Å². The van der Waals surface area contributed by atoms with Crippen molar-refractivity contribution in [1.82, 2.24) is 15.1 Å². The molecule has 2 saturated heterocycles. The van der Waals surface area contributed by atoms with Crippen LogP contribution < -0.4 is 10.1 Å². The number of rotatable bonds is 11. The van der Waals surface area contributed by atoms with Crippen molar-refractivity contribution in [3.8, 4) is 5.75 Å². The van der Waals surface area contributed by atoms with Crippen molar-refractivity contribution >= 4 is 5.91 Å². The Bertz CT molecular complexity index is 596. The Morgan fingerprint density at radius 3 is 2.24 bits per heavy atom. The molecule has 2 N–H and O–H groups in total. The molecule has 1 aromatic carbocycles. The molecule has 1 unspecified atom stereocenters. The molecule has 0 spiro atoms. The number of nitrogens with one attached hydrogen (secondary N) is 1. The van der Waals surface area contributed by atoms with Gasteiger partial charge in [0.25, 0.3) is 5.91 Å². The van der Waals surface area contributed by atoms with E-state index < -0.39 is 0 Å². The SMILES string of the molecule is O=C(NC(CO)CCN1CCCC1)c1ccc(OCCCN2CCCCC2)cc1. The molecule has 1 amide bonds. The van der Waals surface area contributed by atoms with Gasteiger partial charge < -0.3 is 25.0 Å². The van der Waals surface area contributed by atoms with Crippen LogP contribution in [0.15, 0.2) is 24.3 Å². The molecule has 6 heteroatoms. The summed E-state index contributed by atoms with van der Waals surface area (Å²) in [6.07, 6.45) is 8.31. The highest BCUT2D eigenvalue weighted by Gasteiger charge is 2.17. The van der Waals surface area contributed by atoms with Crippen LogP contribution >= 0.6 is 0 Å². The van der Waals surface area contributed by atoms with Crippen LogP contribution in [0, 0.1) is 0 Å². The number of aliphatic hydroxyl groups is 1. The number of nitrogens with zero attached hydrogens (tertiary/aromatic N) is 2. The molecule has 0 radical (unpaired) electrons. The molecule has 29 heavy (non-hydrogen) atoms. The zero-order valence-corrected chi connectivity index (χ0v) is 17.7. The number of benzene rings is 1. The van der Waals surface area contributed by atoms with Gasteiger partial charge in [0.15, 0.2) is 0 Å². The van der Waals surface area contributed by atoms with Gasteiger partial charge in [0.05, 0.1) is 19.3 Å². The third kappa shape index (κ3) is 7.61. The van der Waals surface area contributed by atoms with Crippen LogP contribution in [0.3, 0.4) is 0 Å². The van der Waals surface area contributed by atoms with Crippen LogP contribution in [-0.4, -0.2) is 79.3 Å². The van der Waals surface area contributed by atoms with E-state index in [4.69, 9.17) is 4.74 Å². The fourth-order valence-corrected chi connectivity index (χ4v) is 4.19. The van der Waals surface area contributed by atoms with Crippen molar-refractivity contribution in [3.63, 3.8) is 0 Å². The summed E-state index contributed by atoms with van der Waals surface area (Å²) in [7, 11) is 0. The third-order valence-electron chi connectivity index (χ3n) is 6.00. The van der Waals surface area contributed by atoms with Crippen LogP contribution in [0.4, 0.5) is 0 Å². The van der Waals surface area contributed by atoms with Gasteiger partial charge in [-0.05, 0) is 89.0 Å². The molecule has 2 aliphatic heterocycles. The minimum absolute atomic E-state index is 0.0300. The number of piperidine rings is 1. The molecule has 2 fully saturated rings. The van der Waals surface area contributed by atoms with Crippen molar-refractivity contribution in [3.05, 3.63) is 29.8 Å². The highest BCUT2D eigenvalue weighted by Crippen LogP contribution is 2.14. The zero-order valence-electron chi connectivity index (χ0n) is 17.7. The maximum atomic E-state index is 12.5. The molecule has 0 aromatic heterocycles. The van der Waals surface area contributed by atoms with Crippen molar-refractivity contribution < 1.29 is 14.6 Å². The van der Waals surface area contributed by atoms with E-state index in [-0.39, 0.29) is 18.6 Å². The molecule has 3 rings (SSSR count). The zero-order chi connectivity index (χ0) is 20.3. The van der Waals surface area contributed by atoms with Crippen LogP contribution in [0.1, 0.15) is 55.3 Å². The first-order valence-corrected chi connectivity index (χ1v) is 11.3. The minimum atomic E-state index is -0.200. The van der Waals surface area contributed by atoms with Gasteiger partial charge in [-0.2, -0.15) is 0 Å². The van der Waals surface area contributed by atoms with Crippen molar-refractivity contribution in [1.29, 1.82) is 0 Å². The molecule has 2 heterocycles. The van der Waals surface area contributed by atoms with Crippen LogP contribution in [0.25, 0.3) is 0 Å². The second-order valence-corrected chi connectivity index (χ2v) is 8.32. The van der Waals surface area contributed by atoms with E-state index in [1.807, 2.05) is 12.1 Å². The molecule has 0 bridgehead atoms. The van der Waals surface area contributed by atoms with Gasteiger partial charge in [0, 0.05) is 18.7 Å². The first kappa shape index (κ1) is 22.1. The minimum Gasteiger partial charge on any atom is -0.494 e. The van der Waals surface area contributed by atoms with Crippen LogP contribution in [-0.2, 0) is 0 Å². The summed E-state index contributed by atoms with van der Waals surface area (Å²) < 4.78 is 5.83.